The van der Waals surface area contributed by atoms with Crippen molar-refractivity contribution in [3.63, 3.8) is 0 Å². The molecule has 0 unspecified atom stereocenters. The lowest BCUT2D eigenvalue weighted by Gasteiger charge is -2.08. The molecule has 5 heteroatoms. The van der Waals surface area contributed by atoms with Crippen LogP contribution in [0, 0.1) is 0 Å². The molecule has 2 N–H and O–H groups in total. The van der Waals surface area contributed by atoms with Gasteiger partial charge in [-0.05, 0) is 25.5 Å². The maximum Gasteiger partial charge on any atom is 0.231 e. The predicted octanol–water partition coefficient (Wildman–Crippen LogP) is 2.03. The van der Waals surface area contributed by atoms with E-state index >= 15 is 0 Å². The molecule has 1 aromatic rings. The fourth-order valence-corrected chi connectivity index (χ4v) is 1.88. The minimum absolute atomic E-state index is 0.223. The maximum absolute atomic E-state index is 9.85. The first-order valence-electron chi connectivity index (χ1n) is 6.71. The quantitative estimate of drug-likeness (QED) is 0.706. The van der Waals surface area contributed by atoms with Crippen molar-refractivity contribution in [2.24, 2.45) is 0 Å². The Balaban J connectivity index is 1.71. The van der Waals surface area contributed by atoms with Gasteiger partial charge in [-0.1, -0.05) is 6.92 Å². The van der Waals surface area contributed by atoms with Gasteiger partial charge in [0.1, 0.15) is 5.75 Å². The highest BCUT2D eigenvalue weighted by molar-refractivity contribution is 5.51. The van der Waals surface area contributed by atoms with E-state index in [9.17, 15) is 5.11 Å². The van der Waals surface area contributed by atoms with E-state index in [4.69, 9.17) is 14.2 Å². The summed E-state index contributed by atoms with van der Waals surface area (Å²) in [5, 5.41) is 13.1. The van der Waals surface area contributed by atoms with Crippen LogP contribution in [-0.4, -0.2) is 31.7 Å². The van der Waals surface area contributed by atoms with Gasteiger partial charge in [-0.25, -0.2) is 0 Å². The second-order valence-electron chi connectivity index (χ2n) is 4.48. The summed E-state index contributed by atoms with van der Waals surface area (Å²) in [7, 11) is 0. The van der Waals surface area contributed by atoms with E-state index in [1.807, 2.05) is 6.07 Å². The van der Waals surface area contributed by atoms with Crippen molar-refractivity contribution in [3.8, 4) is 17.2 Å². The Kier molecular flexibility index (Phi) is 5.30. The highest BCUT2D eigenvalue weighted by Crippen LogP contribution is 2.37. The van der Waals surface area contributed by atoms with E-state index < -0.39 is 0 Å². The van der Waals surface area contributed by atoms with E-state index in [2.05, 4.69) is 12.2 Å². The van der Waals surface area contributed by atoms with Crippen molar-refractivity contribution in [3.05, 3.63) is 17.7 Å². The van der Waals surface area contributed by atoms with Crippen LogP contribution in [-0.2, 0) is 11.3 Å². The van der Waals surface area contributed by atoms with Gasteiger partial charge >= 0.3 is 0 Å². The minimum atomic E-state index is 0.223. The molecule has 19 heavy (non-hydrogen) atoms. The van der Waals surface area contributed by atoms with Gasteiger partial charge in [0.25, 0.3) is 0 Å². The molecule has 0 spiro atoms. The van der Waals surface area contributed by atoms with Crippen LogP contribution in [0.15, 0.2) is 12.1 Å². The number of aromatic hydroxyl groups is 1. The smallest absolute Gasteiger partial charge is 0.231 e. The lowest BCUT2D eigenvalue weighted by molar-refractivity contribution is 0.132. The molecule has 2 rings (SSSR count). The van der Waals surface area contributed by atoms with Crippen molar-refractivity contribution in [1.29, 1.82) is 0 Å². The molecular formula is C14H21NO4. The summed E-state index contributed by atoms with van der Waals surface area (Å²) in [5.74, 6) is 1.54. The average molecular weight is 267 g/mol. The van der Waals surface area contributed by atoms with Crippen molar-refractivity contribution >= 4 is 0 Å². The Morgan fingerprint density at radius 1 is 1.26 bits per heavy atom. The monoisotopic (exact) mass is 267 g/mol. The Morgan fingerprint density at radius 3 is 2.84 bits per heavy atom. The zero-order chi connectivity index (χ0) is 13.5. The van der Waals surface area contributed by atoms with Crippen LogP contribution in [0.5, 0.6) is 17.2 Å². The Morgan fingerprint density at radius 2 is 2.05 bits per heavy atom. The molecule has 0 saturated carbocycles. The van der Waals surface area contributed by atoms with Gasteiger partial charge < -0.3 is 24.6 Å². The summed E-state index contributed by atoms with van der Waals surface area (Å²) in [6, 6.07) is 3.42. The minimum Gasteiger partial charge on any atom is -0.507 e. The van der Waals surface area contributed by atoms with Crippen LogP contribution < -0.4 is 14.8 Å². The molecule has 1 heterocycles. The maximum atomic E-state index is 9.85. The topological polar surface area (TPSA) is 60.0 Å². The molecule has 0 atom stereocenters. The van der Waals surface area contributed by atoms with Gasteiger partial charge in [-0.2, -0.15) is 0 Å². The fraction of sp³-hybridized carbons (Fsp3) is 0.571. The average Bonchev–Trinajstić information content (AvgIpc) is 2.84. The standard InChI is InChI=1S/C14H21NO4/c1-2-5-17-6-3-4-15-9-11-7-13-14(8-12(11)16)19-10-18-13/h7-8,15-16H,2-6,9-10H2,1H3. The first-order chi connectivity index (χ1) is 9.31. The van der Waals surface area contributed by atoms with E-state index in [1.54, 1.807) is 6.07 Å². The van der Waals surface area contributed by atoms with Crippen LogP contribution in [0.2, 0.25) is 0 Å². The molecule has 1 aromatic carbocycles. The third kappa shape index (κ3) is 4.01. The lowest BCUT2D eigenvalue weighted by atomic mass is 10.1. The zero-order valence-electron chi connectivity index (χ0n) is 11.3. The van der Waals surface area contributed by atoms with Gasteiger partial charge in [0, 0.05) is 31.4 Å². The molecule has 1 aliphatic rings. The highest BCUT2D eigenvalue weighted by atomic mass is 16.7. The fourth-order valence-electron chi connectivity index (χ4n) is 1.88. The predicted molar refractivity (Wildman–Crippen MR) is 71.7 cm³/mol. The van der Waals surface area contributed by atoms with Gasteiger partial charge in [0.05, 0.1) is 0 Å². The number of hydrogen-bond acceptors (Lipinski definition) is 5. The summed E-state index contributed by atoms with van der Waals surface area (Å²) < 4.78 is 15.9. The molecule has 0 amide bonds. The molecule has 0 saturated heterocycles. The summed E-state index contributed by atoms with van der Waals surface area (Å²) in [6.07, 6.45) is 2.02. The van der Waals surface area contributed by atoms with Crippen molar-refractivity contribution < 1.29 is 19.3 Å². The Hall–Kier alpha value is -1.46. The number of fused-ring (bicyclic) bond motifs is 1. The van der Waals surface area contributed by atoms with Crippen molar-refractivity contribution in [2.45, 2.75) is 26.3 Å². The first-order valence-corrected chi connectivity index (χ1v) is 6.71. The van der Waals surface area contributed by atoms with E-state index in [1.165, 1.54) is 0 Å². The SMILES string of the molecule is CCCOCCCNCc1cc2c(cc1O)OCO2. The summed E-state index contributed by atoms with van der Waals surface area (Å²) >= 11 is 0. The molecule has 0 fully saturated rings. The van der Waals surface area contributed by atoms with E-state index in [0.29, 0.717) is 18.0 Å². The van der Waals surface area contributed by atoms with Gasteiger partial charge in [0.15, 0.2) is 11.5 Å². The van der Waals surface area contributed by atoms with E-state index in [0.717, 1.165) is 38.2 Å². The molecule has 0 bridgehead atoms. The van der Waals surface area contributed by atoms with Crippen LogP contribution in [0.1, 0.15) is 25.3 Å². The number of phenols is 1. The third-order valence-corrected chi connectivity index (χ3v) is 2.88. The normalized spacial score (nSPS) is 12.9. The second kappa shape index (κ2) is 7.21. The summed E-state index contributed by atoms with van der Waals surface area (Å²) in [5.41, 5.74) is 0.818. The van der Waals surface area contributed by atoms with E-state index in [-0.39, 0.29) is 12.5 Å². The highest BCUT2D eigenvalue weighted by Gasteiger charge is 2.16. The molecule has 5 nitrogen and oxygen atoms in total. The van der Waals surface area contributed by atoms with Crippen LogP contribution in [0.25, 0.3) is 0 Å². The van der Waals surface area contributed by atoms with Crippen LogP contribution in [0.3, 0.4) is 0 Å². The lowest BCUT2D eigenvalue weighted by Crippen LogP contribution is -2.16. The van der Waals surface area contributed by atoms with Gasteiger partial charge in [-0.15, -0.1) is 0 Å². The molecule has 1 aliphatic heterocycles. The molecule has 0 aliphatic carbocycles. The van der Waals surface area contributed by atoms with Crippen molar-refractivity contribution in [1.82, 2.24) is 5.32 Å². The molecular weight excluding hydrogens is 246 g/mol. The summed E-state index contributed by atoms with van der Waals surface area (Å²) in [4.78, 5) is 0. The number of phenolic OH excluding ortho intramolecular Hbond substituents is 1. The number of benzene rings is 1. The Bertz CT molecular complexity index is 409. The summed E-state index contributed by atoms with van der Waals surface area (Å²) in [6.45, 7) is 5.38. The number of hydrogen-bond donors (Lipinski definition) is 2. The van der Waals surface area contributed by atoms with Gasteiger partial charge in [0.2, 0.25) is 6.79 Å². The molecule has 0 aromatic heterocycles. The number of rotatable bonds is 8. The third-order valence-electron chi connectivity index (χ3n) is 2.88. The number of nitrogens with one attached hydrogen (secondary N) is 1. The first kappa shape index (κ1) is 14.0. The number of ether oxygens (including phenoxy) is 3. The zero-order valence-corrected chi connectivity index (χ0v) is 11.3. The molecule has 0 radical (unpaired) electrons. The molecule has 106 valence electrons. The second-order valence-corrected chi connectivity index (χ2v) is 4.48. The largest absolute Gasteiger partial charge is 0.507 e. The Labute approximate surface area is 113 Å². The van der Waals surface area contributed by atoms with Crippen molar-refractivity contribution in [2.75, 3.05) is 26.6 Å². The van der Waals surface area contributed by atoms with Crippen LogP contribution >= 0.6 is 0 Å². The van der Waals surface area contributed by atoms with Crippen LogP contribution in [0.4, 0.5) is 0 Å². The van der Waals surface area contributed by atoms with Gasteiger partial charge in [-0.3, -0.25) is 0 Å².